The molecular weight excluding hydrogens is 652 g/mol. The van der Waals surface area contributed by atoms with Gasteiger partial charge in [0.15, 0.2) is 16.8 Å². The van der Waals surface area contributed by atoms with Gasteiger partial charge in [-0.15, -0.1) is 11.3 Å². The number of aromatic nitrogens is 1. The van der Waals surface area contributed by atoms with E-state index in [1.54, 1.807) is 18.2 Å². The maximum absolute atomic E-state index is 14.8. The highest BCUT2D eigenvalue weighted by Gasteiger charge is 2.45. The lowest BCUT2D eigenvalue weighted by atomic mass is 9.93. The maximum atomic E-state index is 14.8. The molecule has 3 aliphatic heterocycles. The Morgan fingerprint density at radius 1 is 1.02 bits per heavy atom. The molecule has 6 rings (SSSR count). The number of anilines is 2. The number of amides is 4. The third kappa shape index (κ3) is 7.32. The van der Waals surface area contributed by atoms with E-state index in [1.807, 2.05) is 5.38 Å². The molecule has 4 amide bonds. The molecule has 48 heavy (non-hydrogen) atoms. The summed E-state index contributed by atoms with van der Waals surface area (Å²) >= 11 is 1.45. The number of ether oxygens (including phenoxy) is 4. The molecule has 0 radical (unpaired) electrons. The largest absolute Gasteiger partial charge is 0.382 e. The zero-order chi connectivity index (χ0) is 33.6. The van der Waals surface area contributed by atoms with Gasteiger partial charge in [-0.05, 0) is 24.6 Å². The summed E-state index contributed by atoms with van der Waals surface area (Å²) in [6, 6.07) is 3.78. The van der Waals surface area contributed by atoms with Gasteiger partial charge in [0.2, 0.25) is 11.8 Å². The van der Waals surface area contributed by atoms with Crippen LogP contribution in [0, 0.1) is 0 Å². The molecule has 3 atom stereocenters. The average Bonchev–Trinajstić information content (AvgIpc) is 3.68. The molecule has 4 heterocycles. The van der Waals surface area contributed by atoms with Crippen molar-refractivity contribution < 1.29 is 46.9 Å². The Balaban J connectivity index is 0.905. The number of thiazole rings is 1. The number of benzene rings is 1. The predicted molar refractivity (Wildman–Crippen MR) is 169 cm³/mol. The van der Waals surface area contributed by atoms with Crippen molar-refractivity contribution in [2.75, 3.05) is 76.1 Å². The minimum atomic E-state index is -1.15. The van der Waals surface area contributed by atoms with Crippen LogP contribution in [0.3, 0.4) is 0 Å². The van der Waals surface area contributed by atoms with Gasteiger partial charge in [-0.2, -0.15) is 0 Å². The monoisotopic (exact) mass is 687 g/mol. The van der Waals surface area contributed by atoms with Crippen molar-refractivity contribution in [2.45, 2.75) is 30.9 Å². The molecule has 0 bridgehead atoms. The second kappa shape index (κ2) is 15.4. The molecular formula is C32H35F2N5O8S. The number of rotatable bonds is 14. The molecule has 0 spiro atoms. The van der Waals surface area contributed by atoms with Crippen molar-refractivity contribution in [2.24, 2.45) is 0 Å². The number of carbonyl (C=O) groups is 4. The lowest BCUT2D eigenvalue weighted by Crippen LogP contribution is -2.54. The Morgan fingerprint density at radius 3 is 2.58 bits per heavy atom. The van der Waals surface area contributed by atoms with Crippen LogP contribution in [-0.4, -0.2) is 112 Å². The molecule has 1 aromatic carbocycles. The van der Waals surface area contributed by atoms with E-state index in [4.69, 9.17) is 18.9 Å². The van der Waals surface area contributed by atoms with Crippen molar-refractivity contribution in [1.29, 1.82) is 0 Å². The van der Waals surface area contributed by atoms with E-state index < -0.39 is 53.3 Å². The normalized spacial score (nSPS) is 22.8. The summed E-state index contributed by atoms with van der Waals surface area (Å²) in [5.41, 5.74) is 1.39. The Morgan fingerprint density at radius 2 is 1.79 bits per heavy atom. The molecule has 2 aromatic rings. The molecule has 2 fully saturated rings. The number of carbonyl (C=O) groups excluding carboxylic acids is 4. The number of nitrogens with zero attached hydrogens (tertiary/aromatic N) is 3. The standard InChI is InChI=1S/C32H35F2N5O8S/c33-21-5-4-19(23-18-48-32(36-23)38-9-12-45-13-10-38)28(27(21)34)47-17-16-46-15-14-44-11-8-35-22-3-1-2-20-26(22)31(43)39(30(20)42)24-6-7-25(40)37-29(24)41/h1-5,18-19,24,28,35H,6-17H2,(H,37,40,41). The minimum absolute atomic E-state index is 0.0272. The van der Waals surface area contributed by atoms with Crippen LogP contribution in [0.5, 0.6) is 0 Å². The van der Waals surface area contributed by atoms with Crippen molar-refractivity contribution >= 4 is 45.8 Å². The Bertz CT molecular complexity index is 1610. The van der Waals surface area contributed by atoms with Crippen LogP contribution in [0.2, 0.25) is 0 Å². The highest BCUT2D eigenvalue weighted by atomic mass is 32.1. The van der Waals surface area contributed by atoms with Gasteiger partial charge in [-0.3, -0.25) is 29.4 Å². The number of morpholine rings is 1. The summed E-state index contributed by atoms with van der Waals surface area (Å²) in [5, 5.41) is 7.93. The van der Waals surface area contributed by atoms with Crippen molar-refractivity contribution in [1.82, 2.24) is 15.2 Å². The smallest absolute Gasteiger partial charge is 0.264 e. The first-order valence-corrected chi connectivity index (χ1v) is 16.6. The third-order valence-electron chi connectivity index (χ3n) is 8.31. The topological polar surface area (TPSA) is 149 Å². The molecule has 3 unspecified atom stereocenters. The molecule has 1 aliphatic carbocycles. The molecule has 256 valence electrons. The van der Waals surface area contributed by atoms with E-state index >= 15 is 0 Å². The highest BCUT2D eigenvalue weighted by Crippen LogP contribution is 2.37. The van der Waals surface area contributed by atoms with Gasteiger partial charge in [0.1, 0.15) is 12.1 Å². The van der Waals surface area contributed by atoms with Gasteiger partial charge in [0.25, 0.3) is 11.8 Å². The Labute approximate surface area is 278 Å². The van der Waals surface area contributed by atoms with Gasteiger partial charge < -0.3 is 29.2 Å². The summed E-state index contributed by atoms with van der Waals surface area (Å²) in [7, 11) is 0. The number of hydrogen-bond acceptors (Lipinski definition) is 12. The van der Waals surface area contributed by atoms with Crippen LogP contribution in [-0.2, 0) is 28.5 Å². The number of fused-ring (bicyclic) bond motifs is 1. The van der Waals surface area contributed by atoms with E-state index in [9.17, 15) is 28.0 Å². The van der Waals surface area contributed by atoms with E-state index in [1.165, 1.54) is 17.4 Å². The maximum Gasteiger partial charge on any atom is 0.264 e. The molecule has 13 nitrogen and oxygen atoms in total. The highest BCUT2D eigenvalue weighted by molar-refractivity contribution is 7.13. The van der Waals surface area contributed by atoms with Crippen molar-refractivity contribution in [3.63, 3.8) is 0 Å². The number of imide groups is 2. The van der Waals surface area contributed by atoms with Crippen molar-refractivity contribution in [3.05, 3.63) is 64.2 Å². The second-order valence-electron chi connectivity index (χ2n) is 11.4. The summed E-state index contributed by atoms with van der Waals surface area (Å²) < 4.78 is 51.2. The first kappa shape index (κ1) is 33.8. The Kier molecular flexibility index (Phi) is 10.9. The average molecular weight is 688 g/mol. The van der Waals surface area contributed by atoms with Gasteiger partial charge in [-0.25, -0.2) is 13.8 Å². The first-order chi connectivity index (χ1) is 23.3. The van der Waals surface area contributed by atoms with Crippen LogP contribution in [0.25, 0.3) is 0 Å². The fourth-order valence-corrected chi connectivity index (χ4v) is 6.82. The molecule has 4 aliphatic rings. The predicted octanol–water partition coefficient (Wildman–Crippen LogP) is 2.72. The van der Waals surface area contributed by atoms with Crippen LogP contribution >= 0.6 is 11.3 Å². The summed E-state index contributed by atoms with van der Waals surface area (Å²) in [6.45, 7) is 3.88. The zero-order valence-electron chi connectivity index (χ0n) is 26.0. The van der Waals surface area contributed by atoms with E-state index in [2.05, 4.69) is 20.5 Å². The second-order valence-corrected chi connectivity index (χ2v) is 12.2. The number of piperidine rings is 1. The molecule has 16 heteroatoms. The van der Waals surface area contributed by atoms with Crippen LogP contribution in [0.4, 0.5) is 19.6 Å². The van der Waals surface area contributed by atoms with Gasteiger partial charge in [0, 0.05) is 37.1 Å². The summed E-state index contributed by atoms with van der Waals surface area (Å²) in [6.07, 6.45) is 1.64. The van der Waals surface area contributed by atoms with Crippen LogP contribution < -0.4 is 15.5 Å². The molecule has 0 saturated carbocycles. The summed E-state index contributed by atoms with van der Waals surface area (Å²) in [4.78, 5) is 57.7. The number of halogens is 2. The number of nitrogens with one attached hydrogen (secondary N) is 2. The Hall–Kier alpha value is -4.09. The lowest BCUT2D eigenvalue weighted by molar-refractivity contribution is -0.136. The van der Waals surface area contributed by atoms with E-state index in [0.29, 0.717) is 31.1 Å². The minimum Gasteiger partial charge on any atom is -0.382 e. The first-order valence-electron chi connectivity index (χ1n) is 15.7. The van der Waals surface area contributed by atoms with E-state index in [-0.39, 0.29) is 57.0 Å². The quantitative estimate of drug-likeness (QED) is 0.223. The van der Waals surface area contributed by atoms with Crippen molar-refractivity contribution in [3.8, 4) is 0 Å². The zero-order valence-corrected chi connectivity index (χ0v) is 26.8. The number of hydrogen-bond donors (Lipinski definition) is 2. The molecule has 1 aromatic heterocycles. The fraction of sp³-hybridized carbons (Fsp3) is 0.469. The SMILES string of the molecule is O=C1CCC(N2C(=O)c3cccc(NCCOCCOCCOC4C(F)=C(F)C=CC4c4csc(N5CCOCC5)n4)c3C2=O)C(=O)N1. The molecule has 2 saturated heterocycles. The van der Waals surface area contributed by atoms with Gasteiger partial charge in [-0.1, -0.05) is 12.1 Å². The number of allylic oxidation sites excluding steroid dienone is 2. The van der Waals surface area contributed by atoms with Gasteiger partial charge >= 0.3 is 0 Å². The van der Waals surface area contributed by atoms with Crippen LogP contribution in [0.15, 0.2) is 47.4 Å². The molecule has 2 N–H and O–H groups in total. The van der Waals surface area contributed by atoms with Gasteiger partial charge in [0.05, 0.1) is 69.0 Å². The lowest BCUT2D eigenvalue weighted by Gasteiger charge is -2.27. The third-order valence-corrected chi connectivity index (χ3v) is 9.23. The summed E-state index contributed by atoms with van der Waals surface area (Å²) in [5.74, 6) is -4.79. The van der Waals surface area contributed by atoms with Crippen LogP contribution in [0.1, 0.15) is 45.2 Å². The fourth-order valence-electron chi connectivity index (χ4n) is 5.90. The van der Waals surface area contributed by atoms with E-state index in [0.717, 1.165) is 29.2 Å².